The van der Waals surface area contributed by atoms with Crippen LogP contribution in [0.5, 0.6) is 5.75 Å². The van der Waals surface area contributed by atoms with Gasteiger partial charge in [0.15, 0.2) is 5.16 Å². The van der Waals surface area contributed by atoms with E-state index in [0.717, 1.165) is 10.7 Å². The number of methoxy groups -OCH3 is 1. The quantitative estimate of drug-likeness (QED) is 0.612. The molecular weight excluding hydrogens is 263 g/mol. The van der Waals surface area contributed by atoms with E-state index < -0.39 is 7.12 Å². The Morgan fingerprint density at radius 3 is 2.79 bits per heavy atom. The molecule has 0 saturated heterocycles. The monoisotopic (exact) mass is 278 g/mol. The van der Waals surface area contributed by atoms with Crippen LogP contribution in [0.15, 0.2) is 35.7 Å². The molecule has 2 aromatic rings. The molecule has 1 aromatic heterocycles. The molecule has 7 heteroatoms. The van der Waals surface area contributed by atoms with E-state index >= 15 is 0 Å². The van der Waals surface area contributed by atoms with Crippen LogP contribution in [0.1, 0.15) is 5.56 Å². The smallest absolute Gasteiger partial charge is 0.492 e. The van der Waals surface area contributed by atoms with Crippen molar-refractivity contribution < 1.29 is 14.8 Å². The van der Waals surface area contributed by atoms with Crippen LogP contribution in [0.4, 0.5) is 0 Å². The van der Waals surface area contributed by atoms with Gasteiger partial charge in [0.2, 0.25) is 0 Å². The Balaban J connectivity index is 2.13. The molecule has 2 N–H and O–H groups in total. The van der Waals surface area contributed by atoms with Gasteiger partial charge in [0.1, 0.15) is 5.75 Å². The van der Waals surface area contributed by atoms with E-state index in [1.54, 1.807) is 30.1 Å². The van der Waals surface area contributed by atoms with Gasteiger partial charge in [-0.2, -0.15) is 0 Å². The Hall–Kier alpha value is -1.44. The summed E-state index contributed by atoms with van der Waals surface area (Å²) >= 11 is 1.59. The van der Waals surface area contributed by atoms with Gasteiger partial charge in [0.05, 0.1) is 7.11 Å². The number of rotatable bonds is 5. The lowest BCUT2D eigenvalue weighted by Gasteiger charge is -2.10. The predicted octanol–water partition coefficient (Wildman–Crippen LogP) is 0.401. The largest absolute Gasteiger partial charge is 0.497 e. The SMILES string of the molecule is COc1ccc(CSc2nccn2C)cc1B(O)O. The maximum atomic E-state index is 9.31. The van der Waals surface area contributed by atoms with Crippen molar-refractivity contribution in [3.63, 3.8) is 0 Å². The van der Waals surface area contributed by atoms with Gasteiger partial charge < -0.3 is 19.4 Å². The van der Waals surface area contributed by atoms with Gasteiger partial charge in [-0.25, -0.2) is 4.98 Å². The average molecular weight is 278 g/mol. The van der Waals surface area contributed by atoms with E-state index in [-0.39, 0.29) is 0 Å². The van der Waals surface area contributed by atoms with Crippen molar-refractivity contribution in [2.45, 2.75) is 10.9 Å². The Morgan fingerprint density at radius 2 is 2.21 bits per heavy atom. The highest BCUT2D eigenvalue weighted by atomic mass is 32.2. The second-order valence-electron chi connectivity index (χ2n) is 4.06. The van der Waals surface area contributed by atoms with E-state index in [2.05, 4.69) is 4.98 Å². The molecule has 0 spiro atoms. The van der Waals surface area contributed by atoms with Crippen LogP contribution in [0.3, 0.4) is 0 Å². The van der Waals surface area contributed by atoms with E-state index in [0.29, 0.717) is 17.0 Å². The molecule has 2 rings (SSSR count). The van der Waals surface area contributed by atoms with Gasteiger partial charge in [0.25, 0.3) is 0 Å². The van der Waals surface area contributed by atoms with Gasteiger partial charge in [-0.15, -0.1) is 0 Å². The van der Waals surface area contributed by atoms with Crippen molar-refractivity contribution in [2.24, 2.45) is 7.05 Å². The standard InChI is InChI=1S/C12H15BN2O3S/c1-15-6-5-14-12(15)19-8-9-3-4-11(18-2)10(7-9)13(16)17/h3-7,16-17H,8H2,1-2H3. The van der Waals surface area contributed by atoms with Crippen LogP contribution in [-0.2, 0) is 12.8 Å². The van der Waals surface area contributed by atoms with E-state index in [4.69, 9.17) is 4.74 Å². The molecule has 19 heavy (non-hydrogen) atoms. The number of nitrogens with zero attached hydrogens (tertiary/aromatic N) is 2. The molecule has 0 amide bonds. The Bertz CT molecular complexity index is 560. The van der Waals surface area contributed by atoms with Crippen LogP contribution >= 0.6 is 11.8 Å². The highest BCUT2D eigenvalue weighted by Gasteiger charge is 2.17. The molecule has 0 bridgehead atoms. The molecule has 100 valence electrons. The zero-order valence-corrected chi connectivity index (χ0v) is 11.6. The number of thioether (sulfide) groups is 1. The van der Waals surface area contributed by atoms with Crippen molar-refractivity contribution in [3.8, 4) is 5.75 Å². The van der Waals surface area contributed by atoms with Gasteiger partial charge in [0, 0.05) is 30.7 Å². The third kappa shape index (κ3) is 3.31. The molecule has 0 radical (unpaired) electrons. The van der Waals surface area contributed by atoms with E-state index in [9.17, 15) is 10.0 Å². The molecule has 5 nitrogen and oxygen atoms in total. The third-order valence-corrected chi connectivity index (χ3v) is 3.85. The number of aryl methyl sites for hydroxylation is 1. The minimum absolute atomic E-state index is 0.375. The van der Waals surface area contributed by atoms with Crippen LogP contribution in [0.2, 0.25) is 0 Å². The molecule has 0 saturated carbocycles. The van der Waals surface area contributed by atoms with Crippen LogP contribution < -0.4 is 10.2 Å². The fourth-order valence-corrected chi connectivity index (χ4v) is 2.59. The number of imidazole rings is 1. The molecular formula is C12H15BN2O3S. The lowest BCUT2D eigenvalue weighted by Crippen LogP contribution is -2.31. The molecule has 0 fully saturated rings. The second kappa shape index (κ2) is 6.14. The summed E-state index contributed by atoms with van der Waals surface area (Å²) in [6.45, 7) is 0. The zero-order chi connectivity index (χ0) is 13.8. The van der Waals surface area contributed by atoms with Crippen LogP contribution in [0, 0.1) is 0 Å². The maximum absolute atomic E-state index is 9.31. The Labute approximate surface area is 116 Å². The highest BCUT2D eigenvalue weighted by molar-refractivity contribution is 7.98. The predicted molar refractivity (Wildman–Crippen MR) is 75.6 cm³/mol. The van der Waals surface area contributed by atoms with Gasteiger partial charge in [-0.1, -0.05) is 23.9 Å². The average Bonchev–Trinajstić information content (AvgIpc) is 2.81. The molecule has 0 unspecified atom stereocenters. The topological polar surface area (TPSA) is 67.5 Å². The van der Waals surface area contributed by atoms with Crippen molar-refractivity contribution in [1.29, 1.82) is 0 Å². The van der Waals surface area contributed by atoms with Gasteiger partial charge in [-0.3, -0.25) is 0 Å². The lowest BCUT2D eigenvalue weighted by molar-refractivity contribution is 0.403. The first-order chi connectivity index (χ1) is 9.11. The summed E-state index contributed by atoms with van der Waals surface area (Å²) in [5.74, 6) is 1.18. The number of benzene rings is 1. The third-order valence-electron chi connectivity index (χ3n) is 2.72. The molecule has 0 aliphatic rings. The summed E-state index contributed by atoms with van der Waals surface area (Å²) in [5, 5.41) is 19.5. The number of aromatic nitrogens is 2. The highest BCUT2D eigenvalue weighted by Crippen LogP contribution is 2.21. The Kier molecular flexibility index (Phi) is 4.52. The summed E-state index contributed by atoms with van der Waals surface area (Å²) in [5.41, 5.74) is 1.36. The van der Waals surface area contributed by atoms with Crippen LogP contribution in [0.25, 0.3) is 0 Å². The fourth-order valence-electron chi connectivity index (χ4n) is 1.71. The molecule has 1 heterocycles. The first kappa shape index (κ1) is 14.0. The normalized spacial score (nSPS) is 10.5. The minimum Gasteiger partial charge on any atom is -0.497 e. The molecule has 1 aromatic carbocycles. The van der Waals surface area contributed by atoms with Crippen LogP contribution in [-0.4, -0.2) is 33.8 Å². The zero-order valence-electron chi connectivity index (χ0n) is 10.8. The van der Waals surface area contributed by atoms with Crippen molar-refractivity contribution in [2.75, 3.05) is 7.11 Å². The van der Waals surface area contributed by atoms with Crippen molar-refractivity contribution >= 4 is 24.3 Å². The lowest BCUT2D eigenvalue weighted by atomic mass is 9.79. The maximum Gasteiger partial charge on any atom is 0.492 e. The summed E-state index contributed by atoms with van der Waals surface area (Å²) < 4.78 is 7.03. The molecule has 0 aliphatic carbocycles. The number of hydrogen-bond acceptors (Lipinski definition) is 5. The number of ether oxygens (including phenoxy) is 1. The Morgan fingerprint density at radius 1 is 1.42 bits per heavy atom. The van der Waals surface area contributed by atoms with E-state index in [1.807, 2.05) is 23.9 Å². The van der Waals surface area contributed by atoms with E-state index in [1.165, 1.54) is 7.11 Å². The van der Waals surface area contributed by atoms with Gasteiger partial charge in [-0.05, 0) is 11.6 Å². The van der Waals surface area contributed by atoms with Crippen molar-refractivity contribution in [3.05, 3.63) is 36.2 Å². The van der Waals surface area contributed by atoms with Crippen molar-refractivity contribution in [1.82, 2.24) is 9.55 Å². The first-order valence-corrected chi connectivity index (χ1v) is 6.73. The summed E-state index contributed by atoms with van der Waals surface area (Å²) in [6.07, 6.45) is 3.64. The second-order valence-corrected chi connectivity index (χ2v) is 5.00. The summed E-state index contributed by atoms with van der Waals surface area (Å²) in [4.78, 5) is 4.22. The summed E-state index contributed by atoms with van der Waals surface area (Å²) in [6, 6.07) is 5.38. The number of hydrogen-bond donors (Lipinski definition) is 2. The summed E-state index contributed by atoms with van der Waals surface area (Å²) in [7, 11) is 1.91. The molecule has 0 atom stereocenters. The fraction of sp³-hybridized carbons (Fsp3) is 0.250. The minimum atomic E-state index is -1.53. The first-order valence-electron chi connectivity index (χ1n) is 5.75. The molecule has 0 aliphatic heterocycles. The van der Waals surface area contributed by atoms with Gasteiger partial charge >= 0.3 is 7.12 Å².